The van der Waals surface area contributed by atoms with E-state index in [9.17, 15) is 0 Å². The molecule has 2 aromatic rings. The van der Waals surface area contributed by atoms with Crippen LogP contribution in [0.2, 0.25) is 0 Å². The molecule has 0 bridgehead atoms. The van der Waals surface area contributed by atoms with E-state index >= 15 is 0 Å². The first-order valence-corrected chi connectivity index (χ1v) is 8.43. The summed E-state index contributed by atoms with van der Waals surface area (Å²) in [6.07, 6.45) is 13.3. The largest absolute Gasteiger partial charge is 4.00 e. The van der Waals surface area contributed by atoms with E-state index in [0.717, 1.165) is 0 Å². The minimum atomic E-state index is 0. The van der Waals surface area contributed by atoms with Crippen molar-refractivity contribution in [2.75, 3.05) is 0 Å². The molecular weight excluding hydrogens is 402 g/mol. The Morgan fingerprint density at radius 3 is 1.43 bits per heavy atom. The maximum atomic E-state index is 2.48. The van der Waals surface area contributed by atoms with Gasteiger partial charge in [-0.25, -0.2) is 12.1 Å². The summed E-state index contributed by atoms with van der Waals surface area (Å²) in [6.45, 7) is 0. The van der Waals surface area contributed by atoms with Crippen LogP contribution in [0.15, 0.2) is 24.3 Å². The summed E-state index contributed by atoms with van der Waals surface area (Å²) in [5.74, 6) is 0. The molecule has 0 atom stereocenters. The molecule has 2 aliphatic rings. The maximum absolute atomic E-state index is 2.48. The fourth-order valence-corrected chi connectivity index (χ4v) is 4.12. The molecule has 0 spiro atoms. The van der Waals surface area contributed by atoms with E-state index in [-0.39, 0.29) is 51.0 Å². The van der Waals surface area contributed by atoms with Crippen LogP contribution in [-0.2, 0) is 64.7 Å². The van der Waals surface area contributed by atoms with Crippen LogP contribution in [0.3, 0.4) is 0 Å². The molecule has 0 N–H and O–H groups in total. The summed E-state index contributed by atoms with van der Waals surface area (Å²) in [6, 6.07) is 9.93. The molecule has 0 nitrogen and oxygen atoms in total. The van der Waals surface area contributed by atoms with Crippen LogP contribution in [-0.4, -0.2) is 0 Å². The predicted molar refractivity (Wildman–Crippen MR) is 84.8 cm³/mol. The Labute approximate surface area is 172 Å². The molecule has 0 saturated carbocycles. The summed E-state index contributed by atoms with van der Waals surface area (Å²) in [4.78, 5) is 0. The van der Waals surface area contributed by atoms with Gasteiger partial charge in [0.25, 0.3) is 0 Å². The van der Waals surface area contributed by atoms with Gasteiger partial charge in [-0.2, -0.15) is 45.5 Å². The van der Waals surface area contributed by atoms with Crippen molar-refractivity contribution in [3.05, 3.63) is 57.6 Å². The fourth-order valence-electron chi connectivity index (χ4n) is 4.12. The summed E-state index contributed by atoms with van der Waals surface area (Å²) in [5, 5.41) is 0. The maximum Gasteiger partial charge on any atom is 4.00 e. The third-order valence-corrected chi connectivity index (χ3v) is 5.25. The molecule has 23 heavy (non-hydrogen) atoms. The van der Waals surface area contributed by atoms with Gasteiger partial charge in [0, 0.05) is 0 Å². The summed E-state index contributed by atoms with van der Waals surface area (Å²) in [7, 11) is 0. The van der Waals surface area contributed by atoms with Crippen molar-refractivity contribution in [1.82, 2.24) is 0 Å². The van der Waals surface area contributed by atoms with E-state index in [1.54, 1.807) is 33.4 Å². The average Bonchev–Trinajstić information content (AvgIpc) is 3.07. The number of halogens is 2. The van der Waals surface area contributed by atoms with Crippen molar-refractivity contribution >= 4 is 0 Å². The topological polar surface area (TPSA) is 0 Å². The van der Waals surface area contributed by atoms with Crippen LogP contribution in [0, 0.1) is 0 Å². The van der Waals surface area contributed by atoms with E-state index in [0.29, 0.717) is 0 Å². The normalized spacial score (nSPS) is 15.5. The van der Waals surface area contributed by atoms with Gasteiger partial charge in [-0.1, -0.05) is 51.4 Å². The average molecular weight is 427 g/mol. The van der Waals surface area contributed by atoms with E-state index in [4.69, 9.17) is 0 Å². The minimum Gasteiger partial charge on any atom is -1.00 e. The van der Waals surface area contributed by atoms with Crippen molar-refractivity contribution < 1.29 is 51.0 Å². The smallest absolute Gasteiger partial charge is 1.00 e. The molecule has 2 aromatic carbocycles. The molecule has 0 radical (unpaired) electrons. The Balaban J connectivity index is 0.000000882. The Bertz CT molecular complexity index is 508. The second-order valence-electron chi connectivity index (χ2n) is 6.74. The minimum absolute atomic E-state index is 0. The molecule has 3 heteroatoms. The third kappa shape index (κ3) is 4.84. The molecule has 0 amide bonds. The van der Waals surface area contributed by atoms with Gasteiger partial charge in [-0.3, -0.25) is 0 Å². The molecule has 0 saturated heterocycles. The molecule has 0 aromatic heterocycles. The summed E-state index contributed by atoms with van der Waals surface area (Å²) in [5.41, 5.74) is 9.74. The Morgan fingerprint density at radius 1 is 0.652 bits per heavy atom. The van der Waals surface area contributed by atoms with Crippen molar-refractivity contribution in [2.45, 2.75) is 64.2 Å². The van der Waals surface area contributed by atoms with Crippen LogP contribution in [0.5, 0.6) is 0 Å². The molecule has 0 heterocycles. The van der Waals surface area contributed by atoms with Gasteiger partial charge < -0.3 is 24.8 Å². The second kappa shape index (κ2) is 9.60. The van der Waals surface area contributed by atoms with Gasteiger partial charge in [-0.05, 0) is 12.8 Å². The first kappa shape index (κ1) is 21.2. The molecule has 2 aliphatic carbocycles. The van der Waals surface area contributed by atoms with E-state index in [1.165, 1.54) is 64.2 Å². The Kier molecular flexibility index (Phi) is 8.85. The molecule has 0 unspecified atom stereocenters. The second-order valence-corrected chi connectivity index (χ2v) is 6.74. The van der Waals surface area contributed by atoms with Gasteiger partial charge in [0.05, 0.1) is 0 Å². The van der Waals surface area contributed by atoms with Crippen LogP contribution >= 0.6 is 0 Å². The van der Waals surface area contributed by atoms with Crippen molar-refractivity contribution in [3.8, 4) is 0 Å². The number of fused-ring (bicyclic) bond motifs is 2. The van der Waals surface area contributed by atoms with Crippen molar-refractivity contribution in [3.63, 3.8) is 0 Å². The Hall–Kier alpha value is 0.163. The number of rotatable bonds is 3. The number of hydrogen-bond donors (Lipinski definition) is 0. The zero-order valence-corrected chi connectivity index (χ0v) is 17.6. The van der Waals surface area contributed by atoms with Gasteiger partial charge in [-0.15, -0.1) is 0 Å². The molecule has 4 rings (SSSR count). The Morgan fingerprint density at radius 2 is 1.04 bits per heavy atom. The van der Waals surface area contributed by atoms with Crippen LogP contribution in [0.1, 0.15) is 59.1 Å². The van der Waals surface area contributed by atoms with Gasteiger partial charge in [0.1, 0.15) is 0 Å². The molecule has 0 aliphatic heterocycles. The van der Waals surface area contributed by atoms with E-state index in [2.05, 4.69) is 24.3 Å². The van der Waals surface area contributed by atoms with Crippen LogP contribution in [0.4, 0.5) is 0 Å². The summed E-state index contributed by atoms with van der Waals surface area (Å²) < 4.78 is 0. The van der Waals surface area contributed by atoms with E-state index in [1.807, 2.05) is 0 Å². The van der Waals surface area contributed by atoms with E-state index < -0.39 is 0 Å². The van der Waals surface area contributed by atoms with Crippen LogP contribution < -0.4 is 24.8 Å². The number of aryl methyl sites for hydroxylation is 6. The standard InChI is InChI=1S/C20H24.2ClH.Zr/c1-2-6-18-12-15(11-17(18)5-1)9-10-16-13-19-7-3-4-8-20(19)14-16;;;/h11-14H,1-10H2;2*1H;/q-2;;;+4/p-2. The number of hydrogen-bond acceptors (Lipinski definition) is 0. The van der Waals surface area contributed by atoms with Crippen molar-refractivity contribution in [1.29, 1.82) is 0 Å². The third-order valence-electron chi connectivity index (χ3n) is 5.25. The monoisotopic (exact) mass is 424 g/mol. The predicted octanol–water partition coefficient (Wildman–Crippen LogP) is -1.33. The SMILES string of the molecule is [Cl-].[Cl-].[Zr+4].c1c(CCc2cc3c([cH-]2)CCCC3)[cH-]c2c1CCCC2. The molecule has 122 valence electrons. The summed E-state index contributed by atoms with van der Waals surface area (Å²) >= 11 is 0. The van der Waals surface area contributed by atoms with Gasteiger partial charge in [0.2, 0.25) is 0 Å². The first-order valence-electron chi connectivity index (χ1n) is 8.43. The zero-order valence-electron chi connectivity index (χ0n) is 13.6. The molecular formula is C20H24Cl2Zr. The quantitative estimate of drug-likeness (QED) is 0.534. The van der Waals surface area contributed by atoms with Crippen molar-refractivity contribution in [2.24, 2.45) is 0 Å². The van der Waals surface area contributed by atoms with Gasteiger partial charge >= 0.3 is 26.2 Å². The first-order chi connectivity index (χ1) is 9.88. The van der Waals surface area contributed by atoms with Gasteiger partial charge in [0.15, 0.2) is 0 Å². The fraction of sp³-hybridized carbons (Fsp3) is 0.500. The van der Waals surface area contributed by atoms with Crippen LogP contribution in [0.25, 0.3) is 0 Å². The zero-order chi connectivity index (χ0) is 13.4. The molecule has 0 fully saturated rings.